The van der Waals surface area contributed by atoms with Gasteiger partial charge < -0.3 is 10.2 Å². The first-order valence-electron chi connectivity index (χ1n) is 7.73. The van der Waals surface area contributed by atoms with Gasteiger partial charge in [-0.2, -0.15) is 0 Å². The number of carbonyl (C=O) groups excluding carboxylic acids is 1. The maximum atomic E-state index is 12.3. The average molecular weight is 299 g/mol. The van der Waals surface area contributed by atoms with E-state index in [-0.39, 0.29) is 11.9 Å². The molecule has 1 heterocycles. The molecule has 1 aromatic rings. The Morgan fingerprint density at radius 1 is 1.23 bits per heavy atom. The molecular formula is C18H25N3O. The minimum absolute atomic E-state index is 0.164. The van der Waals surface area contributed by atoms with Crippen molar-refractivity contribution in [2.24, 2.45) is 0 Å². The number of piperazine rings is 1. The number of carbonyl (C=O) groups is 1. The van der Waals surface area contributed by atoms with Gasteiger partial charge in [0.25, 0.3) is 0 Å². The van der Waals surface area contributed by atoms with Crippen LogP contribution in [0.3, 0.4) is 0 Å². The highest BCUT2D eigenvalue weighted by molar-refractivity contribution is 5.79. The molecule has 1 aliphatic heterocycles. The summed E-state index contributed by atoms with van der Waals surface area (Å²) in [5.41, 5.74) is 1.17. The Balaban J connectivity index is 2.06. The lowest BCUT2D eigenvalue weighted by Gasteiger charge is -2.38. The van der Waals surface area contributed by atoms with Crippen molar-refractivity contribution >= 4 is 5.91 Å². The van der Waals surface area contributed by atoms with Crippen molar-refractivity contribution in [3.63, 3.8) is 0 Å². The maximum absolute atomic E-state index is 12.3. The molecule has 0 spiro atoms. The normalized spacial score (nSPS) is 18.5. The van der Waals surface area contributed by atoms with Crippen molar-refractivity contribution in [2.45, 2.75) is 12.6 Å². The Morgan fingerprint density at radius 3 is 2.55 bits per heavy atom. The van der Waals surface area contributed by atoms with Gasteiger partial charge in [0.1, 0.15) is 0 Å². The van der Waals surface area contributed by atoms with Crippen LogP contribution in [0, 0.1) is 0 Å². The van der Waals surface area contributed by atoms with Gasteiger partial charge in [0.15, 0.2) is 0 Å². The molecule has 1 fully saturated rings. The molecule has 1 amide bonds. The van der Waals surface area contributed by atoms with E-state index < -0.39 is 0 Å². The quantitative estimate of drug-likeness (QED) is 0.742. The summed E-state index contributed by atoms with van der Waals surface area (Å²) in [7, 11) is 0. The van der Waals surface area contributed by atoms with E-state index in [9.17, 15) is 4.79 Å². The Morgan fingerprint density at radius 2 is 1.91 bits per heavy atom. The minimum atomic E-state index is 0.164. The van der Waals surface area contributed by atoms with Crippen LogP contribution in [0.2, 0.25) is 0 Å². The van der Waals surface area contributed by atoms with E-state index in [0.717, 1.165) is 26.2 Å². The predicted molar refractivity (Wildman–Crippen MR) is 90.5 cm³/mol. The Labute approximate surface area is 133 Å². The molecule has 1 aromatic carbocycles. The van der Waals surface area contributed by atoms with Gasteiger partial charge in [-0.15, -0.1) is 13.2 Å². The molecule has 1 N–H and O–H groups in total. The van der Waals surface area contributed by atoms with Gasteiger partial charge in [0.05, 0.1) is 12.6 Å². The molecule has 1 unspecified atom stereocenters. The smallest absolute Gasteiger partial charge is 0.237 e. The van der Waals surface area contributed by atoms with E-state index in [1.54, 1.807) is 0 Å². The second-order valence-corrected chi connectivity index (χ2v) is 5.59. The van der Waals surface area contributed by atoms with E-state index in [2.05, 4.69) is 35.5 Å². The summed E-state index contributed by atoms with van der Waals surface area (Å²) in [5.74, 6) is 0.164. The summed E-state index contributed by atoms with van der Waals surface area (Å²) in [5, 5.41) is 3.22. The number of nitrogens with one attached hydrogen (secondary N) is 1. The third-order valence-electron chi connectivity index (χ3n) is 3.86. The van der Waals surface area contributed by atoms with Gasteiger partial charge in [0, 0.05) is 32.7 Å². The molecule has 118 valence electrons. The lowest BCUT2D eigenvalue weighted by Crippen LogP contribution is -2.58. The highest BCUT2D eigenvalue weighted by Crippen LogP contribution is 2.12. The van der Waals surface area contributed by atoms with Crippen LogP contribution < -0.4 is 5.32 Å². The fourth-order valence-corrected chi connectivity index (χ4v) is 2.81. The summed E-state index contributed by atoms with van der Waals surface area (Å²) >= 11 is 0. The van der Waals surface area contributed by atoms with Gasteiger partial charge in [-0.3, -0.25) is 9.69 Å². The second-order valence-electron chi connectivity index (χ2n) is 5.59. The van der Waals surface area contributed by atoms with Crippen molar-refractivity contribution in [1.82, 2.24) is 15.1 Å². The average Bonchev–Trinajstić information content (AvgIpc) is 2.52. The molecule has 0 aromatic heterocycles. The molecule has 0 radical (unpaired) electrons. The van der Waals surface area contributed by atoms with Crippen molar-refractivity contribution in [3.8, 4) is 0 Å². The summed E-state index contributed by atoms with van der Waals surface area (Å²) < 4.78 is 0. The number of hydrogen-bond acceptors (Lipinski definition) is 3. The van der Waals surface area contributed by atoms with Crippen LogP contribution in [-0.4, -0.2) is 54.5 Å². The molecule has 1 saturated heterocycles. The zero-order valence-electron chi connectivity index (χ0n) is 13.1. The van der Waals surface area contributed by atoms with E-state index in [4.69, 9.17) is 0 Å². The first-order chi connectivity index (χ1) is 10.7. The molecule has 1 atom stereocenters. The van der Waals surface area contributed by atoms with Gasteiger partial charge >= 0.3 is 0 Å². The Bertz CT molecular complexity index is 490. The second kappa shape index (κ2) is 8.51. The molecule has 1 aliphatic rings. The van der Waals surface area contributed by atoms with Crippen LogP contribution in [0.5, 0.6) is 0 Å². The van der Waals surface area contributed by atoms with E-state index in [1.807, 2.05) is 35.3 Å². The summed E-state index contributed by atoms with van der Waals surface area (Å²) in [6.45, 7) is 12.0. The number of benzene rings is 1. The van der Waals surface area contributed by atoms with Crippen molar-refractivity contribution in [1.29, 1.82) is 0 Å². The fraction of sp³-hybridized carbons (Fsp3) is 0.389. The third kappa shape index (κ3) is 4.55. The zero-order chi connectivity index (χ0) is 15.8. The summed E-state index contributed by atoms with van der Waals surface area (Å²) in [6.07, 6.45) is 3.78. The topological polar surface area (TPSA) is 35.6 Å². The largest absolute Gasteiger partial charge is 0.332 e. The van der Waals surface area contributed by atoms with Gasteiger partial charge in [-0.05, 0) is 5.56 Å². The number of amides is 1. The minimum Gasteiger partial charge on any atom is -0.332 e. The van der Waals surface area contributed by atoms with Crippen LogP contribution in [0.1, 0.15) is 5.56 Å². The lowest BCUT2D eigenvalue weighted by molar-refractivity contribution is -0.136. The van der Waals surface area contributed by atoms with Crippen molar-refractivity contribution < 1.29 is 4.79 Å². The monoisotopic (exact) mass is 299 g/mol. The number of rotatable bonds is 8. The van der Waals surface area contributed by atoms with Gasteiger partial charge in [-0.1, -0.05) is 42.5 Å². The summed E-state index contributed by atoms with van der Waals surface area (Å²) in [6, 6.07) is 10.3. The molecule has 0 saturated carbocycles. The molecule has 0 aliphatic carbocycles. The fourth-order valence-electron chi connectivity index (χ4n) is 2.81. The highest BCUT2D eigenvalue weighted by Gasteiger charge is 2.28. The van der Waals surface area contributed by atoms with Crippen LogP contribution in [-0.2, 0) is 11.3 Å². The molecule has 22 heavy (non-hydrogen) atoms. The third-order valence-corrected chi connectivity index (χ3v) is 3.86. The van der Waals surface area contributed by atoms with Gasteiger partial charge in [-0.25, -0.2) is 0 Å². The summed E-state index contributed by atoms with van der Waals surface area (Å²) in [4.78, 5) is 16.6. The predicted octanol–water partition coefficient (Wildman–Crippen LogP) is 1.66. The van der Waals surface area contributed by atoms with Crippen LogP contribution in [0.25, 0.3) is 0 Å². The van der Waals surface area contributed by atoms with Crippen molar-refractivity contribution in [2.75, 3.05) is 32.7 Å². The first-order valence-corrected chi connectivity index (χ1v) is 7.73. The zero-order valence-corrected chi connectivity index (χ0v) is 13.1. The molecule has 4 heteroatoms. The lowest BCUT2D eigenvalue weighted by atomic mass is 10.1. The number of hydrogen-bond donors (Lipinski definition) is 1. The first kappa shape index (κ1) is 16.5. The number of nitrogens with zero attached hydrogens (tertiary/aromatic N) is 2. The van der Waals surface area contributed by atoms with Crippen LogP contribution in [0.15, 0.2) is 55.6 Å². The van der Waals surface area contributed by atoms with Crippen molar-refractivity contribution in [3.05, 3.63) is 61.2 Å². The van der Waals surface area contributed by atoms with E-state index >= 15 is 0 Å². The van der Waals surface area contributed by atoms with E-state index in [1.165, 1.54) is 5.56 Å². The SMILES string of the molecule is C=CCN(CC=C)CC1CNCC(=O)N1Cc1ccccc1. The van der Waals surface area contributed by atoms with E-state index in [0.29, 0.717) is 13.1 Å². The Kier molecular flexibility index (Phi) is 6.37. The standard InChI is InChI=1S/C18H25N3O/c1-3-10-20(11-4-2)15-17-12-19-13-18(22)21(17)14-16-8-6-5-7-9-16/h3-9,17,19H,1-2,10-15H2. The van der Waals surface area contributed by atoms with Gasteiger partial charge in [0.2, 0.25) is 5.91 Å². The molecule has 0 bridgehead atoms. The maximum Gasteiger partial charge on any atom is 0.237 e. The van der Waals surface area contributed by atoms with Crippen LogP contribution >= 0.6 is 0 Å². The molecule has 2 rings (SSSR count). The molecular weight excluding hydrogens is 274 g/mol. The molecule has 4 nitrogen and oxygen atoms in total. The highest BCUT2D eigenvalue weighted by atomic mass is 16.2. The van der Waals surface area contributed by atoms with Crippen LogP contribution in [0.4, 0.5) is 0 Å². The Hall–Kier alpha value is -1.91.